The molecule has 2 atom stereocenters. The van der Waals surface area contributed by atoms with Crippen LogP contribution in [0.1, 0.15) is 26.7 Å². The van der Waals surface area contributed by atoms with Crippen molar-refractivity contribution >= 4 is 11.6 Å². The summed E-state index contributed by atoms with van der Waals surface area (Å²) in [6, 6.07) is 7.56. The predicted molar refractivity (Wildman–Crippen MR) is 75.3 cm³/mol. The van der Waals surface area contributed by atoms with Crippen LogP contribution >= 0.6 is 11.6 Å². The van der Waals surface area contributed by atoms with E-state index in [1.54, 1.807) is 24.3 Å². The molecule has 1 aromatic rings. The third-order valence-electron chi connectivity index (χ3n) is 2.68. The van der Waals surface area contributed by atoms with Gasteiger partial charge in [-0.15, -0.1) is 0 Å². The van der Waals surface area contributed by atoms with Gasteiger partial charge in [-0.3, -0.25) is 0 Å². The summed E-state index contributed by atoms with van der Waals surface area (Å²) in [4.78, 5) is 0. The second-order valence-electron chi connectivity index (χ2n) is 4.52. The molecule has 0 saturated carbocycles. The van der Waals surface area contributed by atoms with E-state index in [4.69, 9.17) is 16.3 Å². The molecule has 0 heterocycles. The molecule has 0 aliphatic rings. The predicted octanol–water partition coefficient (Wildman–Crippen LogP) is 2.86. The number of benzene rings is 1. The first kappa shape index (κ1) is 15.3. The molecule has 0 radical (unpaired) electrons. The highest BCUT2D eigenvalue weighted by Crippen LogP contribution is 2.15. The number of ether oxygens (including phenoxy) is 1. The maximum Gasteiger partial charge on any atom is 0.119 e. The lowest BCUT2D eigenvalue weighted by atomic mass is 10.2. The Morgan fingerprint density at radius 3 is 2.61 bits per heavy atom. The normalized spacial score (nSPS) is 14.2. The van der Waals surface area contributed by atoms with Crippen molar-refractivity contribution in [1.82, 2.24) is 5.32 Å². The van der Waals surface area contributed by atoms with Crippen LogP contribution in [0.5, 0.6) is 5.75 Å². The van der Waals surface area contributed by atoms with Gasteiger partial charge in [-0.1, -0.05) is 24.9 Å². The van der Waals surface area contributed by atoms with E-state index in [0.29, 0.717) is 17.6 Å². The maximum absolute atomic E-state index is 9.77. The number of hydrogen-bond acceptors (Lipinski definition) is 3. The largest absolute Gasteiger partial charge is 0.491 e. The Bertz CT molecular complexity index is 329. The number of rotatable bonds is 8. The van der Waals surface area contributed by atoms with E-state index >= 15 is 0 Å². The van der Waals surface area contributed by atoms with E-state index in [1.165, 1.54) is 0 Å². The highest BCUT2D eigenvalue weighted by atomic mass is 35.5. The molecule has 0 saturated heterocycles. The zero-order valence-electron chi connectivity index (χ0n) is 11.0. The van der Waals surface area contributed by atoms with Gasteiger partial charge in [0.05, 0.1) is 0 Å². The lowest BCUT2D eigenvalue weighted by Gasteiger charge is -2.17. The van der Waals surface area contributed by atoms with Gasteiger partial charge in [-0.2, -0.15) is 0 Å². The van der Waals surface area contributed by atoms with E-state index in [2.05, 4.69) is 19.2 Å². The fraction of sp³-hybridized carbons (Fsp3) is 0.571. The molecular weight excluding hydrogens is 250 g/mol. The van der Waals surface area contributed by atoms with Crippen molar-refractivity contribution < 1.29 is 9.84 Å². The molecule has 18 heavy (non-hydrogen) atoms. The number of aliphatic hydroxyl groups excluding tert-OH is 1. The van der Waals surface area contributed by atoms with Gasteiger partial charge in [-0.05, 0) is 37.6 Å². The zero-order valence-corrected chi connectivity index (χ0v) is 11.8. The summed E-state index contributed by atoms with van der Waals surface area (Å²) >= 11 is 5.77. The van der Waals surface area contributed by atoms with Crippen LogP contribution in [0.15, 0.2) is 24.3 Å². The van der Waals surface area contributed by atoms with Gasteiger partial charge in [-0.25, -0.2) is 0 Å². The molecule has 2 N–H and O–H groups in total. The number of nitrogens with one attached hydrogen (secondary N) is 1. The summed E-state index contributed by atoms with van der Waals surface area (Å²) in [5.41, 5.74) is 0. The monoisotopic (exact) mass is 271 g/mol. The Labute approximate surface area is 114 Å². The van der Waals surface area contributed by atoms with Crippen molar-refractivity contribution in [3.63, 3.8) is 0 Å². The molecular formula is C14H22ClNO2. The Morgan fingerprint density at radius 1 is 1.33 bits per heavy atom. The Hall–Kier alpha value is -0.770. The summed E-state index contributed by atoms with van der Waals surface area (Å²) in [5, 5.41) is 13.7. The van der Waals surface area contributed by atoms with Crippen molar-refractivity contribution in [1.29, 1.82) is 0 Å². The molecule has 0 amide bonds. The second-order valence-corrected chi connectivity index (χ2v) is 4.95. The van der Waals surface area contributed by atoms with Crippen LogP contribution in [0.3, 0.4) is 0 Å². The maximum atomic E-state index is 9.77. The van der Waals surface area contributed by atoms with Crippen LogP contribution in [0, 0.1) is 0 Å². The molecule has 0 aliphatic heterocycles. The first-order valence-corrected chi connectivity index (χ1v) is 6.79. The smallest absolute Gasteiger partial charge is 0.119 e. The van der Waals surface area contributed by atoms with Gasteiger partial charge in [0.2, 0.25) is 0 Å². The minimum absolute atomic E-state index is 0.285. The lowest BCUT2D eigenvalue weighted by molar-refractivity contribution is 0.104. The molecule has 102 valence electrons. The van der Waals surface area contributed by atoms with Crippen molar-refractivity contribution in [3.8, 4) is 5.75 Å². The quantitative estimate of drug-likeness (QED) is 0.764. The molecule has 1 rings (SSSR count). The summed E-state index contributed by atoms with van der Waals surface area (Å²) in [5.74, 6) is 0.722. The standard InChI is InChI=1S/C14H22ClNO2/c1-3-4-11(2)16-9-13(17)10-18-14-7-5-12(15)6-8-14/h5-8,11,13,16-17H,3-4,9-10H2,1-2H3. The average Bonchev–Trinajstić information content (AvgIpc) is 2.36. The Morgan fingerprint density at radius 2 is 2.00 bits per heavy atom. The molecule has 0 aliphatic carbocycles. The van der Waals surface area contributed by atoms with Crippen LogP contribution in [0.2, 0.25) is 5.02 Å². The molecule has 0 fully saturated rings. The molecule has 2 unspecified atom stereocenters. The topological polar surface area (TPSA) is 41.5 Å². The van der Waals surface area contributed by atoms with E-state index in [0.717, 1.165) is 18.6 Å². The molecule has 0 spiro atoms. The fourth-order valence-electron chi connectivity index (χ4n) is 1.65. The van der Waals surface area contributed by atoms with Gasteiger partial charge < -0.3 is 15.2 Å². The molecule has 1 aromatic carbocycles. The van der Waals surface area contributed by atoms with Crippen molar-refractivity contribution in [3.05, 3.63) is 29.3 Å². The SMILES string of the molecule is CCCC(C)NCC(O)COc1ccc(Cl)cc1. The third kappa shape index (κ3) is 6.24. The number of hydrogen-bond donors (Lipinski definition) is 2. The van der Waals surface area contributed by atoms with E-state index in [-0.39, 0.29) is 6.61 Å². The molecule has 3 nitrogen and oxygen atoms in total. The minimum Gasteiger partial charge on any atom is -0.491 e. The Kier molecular flexibility index (Phi) is 7.09. The highest BCUT2D eigenvalue weighted by Gasteiger charge is 2.07. The number of halogens is 1. The van der Waals surface area contributed by atoms with Crippen LogP contribution in [0.25, 0.3) is 0 Å². The van der Waals surface area contributed by atoms with E-state index < -0.39 is 6.10 Å². The summed E-state index contributed by atoms with van der Waals surface area (Å²) in [6.07, 6.45) is 1.76. The molecule has 0 bridgehead atoms. The minimum atomic E-state index is -0.500. The lowest BCUT2D eigenvalue weighted by Crippen LogP contribution is -2.36. The van der Waals surface area contributed by atoms with Crippen LogP contribution in [0.4, 0.5) is 0 Å². The summed E-state index contributed by atoms with van der Waals surface area (Å²) in [7, 11) is 0. The van der Waals surface area contributed by atoms with Crippen molar-refractivity contribution in [2.24, 2.45) is 0 Å². The first-order valence-electron chi connectivity index (χ1n) is 6.41. The van der Waals surface area contributed by atoms with Crippen LogP contribution in [-0.2, 0) is 0 Å². The van der Waals surface area contributed by atoms with Gasteiger partial charge in [0.15, 0.2) is 0 Å². The second kappa shape index (κ2) is 8.35. The van der Waals surface area contributed by atoms with Gasteiger partial charge in [0.1, 0.15) is 18.5 Å². The van der Waals surface area contributed by atoms with Gasteiger partial charge >= 0.3 is 0 Å². The molecule has 0 aromatic heterocycles. The number of aliphatic hydroxyl groups is 1. The van der Waals surface area contributed by atoms with Crippen LogP contribution < -0.4 is 10.1 Å². The van der Waals surface area contributed by atoms with Crippen molar-refractivity contribution in [2.75, 3.05) is 13.2 Å². The van der Waals surface area contributed by atoms with Gasteiger partial charge in [0, 0.05) is 17.6 Å². The van der Waals surface area contributed by atoms with Crippen LogP contribution in [-0.4, -0.2) is 30.4 Å². The first-order chi connectivity index (χ1) is 8.61. The third-order valence-corrected chi connectivity index (χ3v) is 2.93. The fourth-order valence-corrected chi connectivity index (χ4v) is 1.78. The Balaban J connectivity index is 2.20. The van der Waals surface area contributed by atoms with E-state index in [1.807, 2.05) is 0 Å². The van der Waals surface area contributed by atoms with Gasteiger partial charge in [0.25, 0.3) is 0 Å². The summed E-state index contributed by atoms with van der Waals surface area (Å²) in [6.45, 7) is 5.11. The van der Waals surface area contributed by atoms with Crippen molar-refractivity contribution in [2.45, 2.75) is 38.8 Å². The average molecular weight is 272 g/mol. The van der Waals surface area contributed by atoms with E-state index in [9.17, 15) is 5.11 Å². The highest BCUT2D eigenvalue weighted by molar-refractivity contribution is 6.30. The summed E-state index contributed by atoms with van der Waals surface area (Å²) < 4.78 is 5.47. The molecule has 4 heteroatoms. The zero-order chi connectivity index (χ0) is 13.4.